The molecule has 3 nitrogen and oxygen atoms in total. The van der Waals surface area contributed by atoms with Crippen molar-refractivity contribution in [2.24, 2.45) is 0 Å². The fourth-order valence-electron chi connectivity index (χ4n) is 2.31. The first-order valence-electron chi connectivity index (χ1n) is 6.40. The van der Waals surface area contributed by atoms with Crippen LogP contribution in [0.15, 0.2) is 48.5 Å². The highest BCUT2D eigenvalue weighted by atomic mass is 35.5. The third-order valence-corrected chi connectivity index (χ3v) is 3.65. The number of carbonyl (C=O) groups is 1. The molecule has 2 aromatic carbocycles. The van der Waals surface area contributed by atoms with Crippen molar-refractivity contribution in [2.45, 2.75) is 12.6 Å². The Bertz CT molecular complexity index is 639. The van der Waals surface area contributed by atoms with E-state index in [0.29, 0.717) is 11.6 Å². The van der Waals surface area contributed by atoms with Crippen molar-refractivity contribution in [1.82, 2.24) is 4.90 Å². The number of hydrogen-bond acceptors (Lipinski definition) is 2. The fourth-order valence-corrected chi connectivity index (χ4v) is 2.43. The molecule has 1 aliphatic rings. The molecule has 0 bridgehead atoms. The summed E-state index contributed by atoms with van der Waals surface area (Å²) in [5.41, 5.74) is 1.82. The van der Waals surface area contributed by atoms with Gasteiger partial charge in [-0.2, -0.15) is 0 Å². The van der Waals surface area contributed by atoms with Crippen LogP contribution in [0.1, 0.15) is 17.2 Å². The minimum atomic E-state index is -0.624. The van der Waals surface area contributed by atoms with Gasteiger partial charge < -0.3 is 9.64 Å². The van der Waals surface area contributed by atoms with E-state index in [0.717, 1.165) is 16.9 Å². The molecule has 0 N–H and O–H groups in total. The number of likely N-dealkylation sites (N-methyl/N-ethyl adjacent to an activating group) is 1. The van der Waals surface area contributed by atoms with Crippen molar-refractivity contribution in [1.29, 1.82) is 0 Å². The van der Waals surface area contributed by atoms with Gasteiger partial charge in [-0.25, -0.2) is 0 Å². The van der Waals surface area contributed by atoms with Gasteiger partial charge in [-0.1, -0.05) is 41.9 Å². The number of halogens is 1. The second-order valence-corrected chi connectivity index (χ2v) is 5.29. The average molecular weight is 288 g/mol. The number of rotatable bonds is 1. The predicted octanol–water partition coefficient (Wildman–Crippen LogP) is 3.43. The van der Waals surface area contributed by atoms with Crippen LogP contribution >= 0.6 is 11.6 Å². The van der Waals surface area contributed by atoms with Crippen molar-refractivity contribution in [2.75, 3.05) is 7.05 Å². The maximum atomic E-state index is 12.5. The lowest BCUT2D eigenvalue weighted by atomic mass is 10.1. The quantitative estimate of drug-likeness (QED) is 0.804. The highest BCUT2D eigenvalue weighted by Crippen LogP contribution is 2.31. The van der Waals surface area contributed by atoms with Crippen LogP contribution in [0.2, 0.25) is 5.02 Å². The molecule has 4 heteroatoms. The smallest absolute Gasteiger partial charge is 0.268 e. The molecular weight excluding hydrogens is 274 g/mol. The van der Waals surface area contributed by atoms with E-state index in [2.05, 4.69) is 0 Å². The molecule has 1 unspecified atom stereocenters. The van der Waals surface area contributed by atoms with Gasteiger partial charge in [0.05, 0.1) is 0 Å². The van der Waals surface area contributed by atoms with E-state index in [1.807, 2.05) is 36.4 Å². The summed E-state index contributed by atoms with van der Waals surface area (Å²) < 4.78 is 5.93. The van der Waals surface area contributed by atoms with Crippen LogP contribution in [-0.2, 0) is 11.3 Å². The standard InChI is InChI=1S/C16H14ClNO2/c1-18-10-12-4-2-3-5-14(12)20-15(16(18)19)11-6-8-13(17)9-7-11/h2-9,15H,10H2,1H3. The van der Waals surface area contributed by atoms with Gasteiger partial charge in [-0.3, -0.25) is 4.79 Å². The van der Waals surface area contributed by atoms with Crippen LogP contribution in [0.4, 0.5) is 0 Å². The molecule has 1 amide bonds. The Labute approximate surface area is 122 Å². The molecule has 0 radical (unpaired) electrons. The second kappa shape index (κ2) is 5.17. The zero-order valence-electron chi connectivity index (χ0n) is 11.0. The number of ether oxygens (including phenoxy) is 1. The lowest BCUT2D eigenvalue weighted by molar-refractivity contribution is -0.137. The summed E-state index contributed by atoms with van der Waals surface area (Å²) in [6, 6.07) is 14.9. The zero-order valence-corrected chi connectivity index (χ0v) is 11.8. The second-order valence-electron chi connectivity index (χ2n) is 4.85. The Kier molecular flexibility index (Phi) is 3.36. The molecule has 3 rings (SSSR count). The lowest BCUT2D eigenvalue weighted by Gasteiger charge is -2.20. The summed E-state index contributed by atoms with van der Waals surface area (Å²) >= 11 is 5.89. The molecule has 0 saturated carbocycles. The highest BCUT2D eigenvalue weighted by molar-refractivity contribution is 6.30. The summed E-state index contributed by atoms with van der Waals surface area (Å²) in [5, 5.41) is 0.642. The van der Waals surface area contributed by atoms with Crippen molar-refractivity contribution in [3.63, 3.8) is 0 Å². The Morgan fingerprint density at radius 3 is 2.60 bits per heavy atom. The van der Waals surface area contributed by atoms with Crippen LogP contribution < -0.4 is 4.74 Å². The first kappa shape index (κ1) is 13.0. The van der Waals surface area contributed by atoms with Crippen LogP contribution in [0.3, 0.4) is 0 Å². The third-order valence-electron chi connectivity index (χ3n) is 3.40. The molecule has 2 aromatic rings. The molecular formula is C16H14ClNO2. The van der Waals surface area contributed by atoms with Crippen molar-refractivity contribution < 1.29 is 9.53 Å². The van der Waals surface area contributed by atoms with E-state index in [1.165, 1.54) is 0 Å². The summed E-state index contributed by atoms with van der Waals surface area (Å²) in [5.74, 6) is 0.702. The van der Waals surface area contributed by atoms with Gasteiger partial charge in [0.15, 0.2) is 0 Å². The maximum absolute atomic E-state index is 12.5. The number of nitrogens with zero attached hydrogens (tertiary/aromatic N) is 1. The summed E-state index contributed by atoms with van der Waals surface area (Å²) in [4.78, 5) is 14.2. The van der Waals surface area contributed by atoms with Gasteiger partial charge in [0.1, 0.15) is 5.75 Å². The zero-order chi connectivity index (χ0) is 14.1. The molecule has 0 aromatic heterocycles. The van der Waals surface area contributed by atoms with Crippen molar-refractivity contribution in [3.8, 4) is 5.75 Å². The van der Waals surface area contributed by atoms with Gasteiger partial charge in [-0.15, -0.1) is 0 Å². The number of carbonyl (C=O) groups excluding carboxylic acids is 1. The van der Waals surface area contributed by atoms with Crippen molar-refractivity contribution in [3.05, 3.63) is 64.7 Å². The van der Waals surface area contributed by atoms with Crippen LogP contribution in [0, 0.1) is 0 Å². The first-order valence-corrected chi connectivity index (χ1v) is 6.78. The SMILES string of the molecule is CN1Cc2ccccc2OC(c2ccc(Cl)cc2)C1=O. The maximum Gasteiger partial charge on any atom is 0.268 e. The highest BCUT2D eigenvalue weighted by Gasteiger charge is 2.30. The largest absolute Gasteiger partial charge is 0.475 e. The van der Waals surface area contributed by atoms with E-state index in [9.17, 15) is 4.79 Å². The van der Waals surface area contributed by atoms with Crippen molar-refractivity contribution >= 4 is 17.5 Å². The average Bonchev–Trinajstić information content (AvgIpc) is 2.58. The minimum Gasteiger partial charge on any atom is -0.475 e. The minimum absolute atomic E-state index is 0.0523. The summed E-state index contributed by atoms with van der Waals surface area (Å²) in [6.45, 7) is 0.555. The van der Waals surface area contributed by atoms with Crippen LogP contribution in [-0.4, -0.2) is 17.9 Å². The van der Waals surface area contributed by atoms with Gasteiger partial charge >= 0.3 is 0 Å². The lowest BCUT2D eigenvalue weighted by Crippen LogP contribution is -2.31. The molecule has 0 spiro atoms. The Morgan fingerprint density at radius 1 is 1.15 bits per heavy atom. The van der Waals surface area contributed by atoms with E-state index in [-0.39, 0.29) is 5.91 Å². The van der Waals surface area contributed by atoms with Gasteiger partial charge in [0.25, 0.3) is 5.91 Å². The normalized spacial score (nSPS) is 18.2. The number of amides is 1. The van der Waals surface area contributed by atoms with Gasteiger partial charge in [0.2, 0.25) is 6.10 Å². The van der Waals surface area contributed by atoms with Gasteiger partial charge in [0, 0.05) is 29.7 Å². The Hall–Kier alpha value is -2.00. The van der Waals surface area contributed by atoms with Crippen LogP contribution in [0.25, 0.3) is 0 Å². The molecule has 0 saturated heterocycles. The summed E-state index contributed by atoms with van der Waals surface area (Å²) in [7, 11) is 1.79. The third kappa shape index (κ3) is 2.37. The van der Waals surface area contributed by atoms with Gasteiger partial charge in [-0.05, 0) is 18.2 Å². The van der Waals surface area contributed by atoms with E-state index in [1.54, 1.807) is 24.1 Å². The molecule has 1 aliphatic heterocycles. The molecule has 0 fully saturated rings. The molecule has 20 heavy (non-hydrogen) atoms. The first-order chi connectivity index (χ1) is 9.65. The fraction of sp³-hybridized carbons (Fsp3) is 0.188. The monoisotopic (exact) mass is 287 g/mol. The molecule has 1 atom stereocenters. The van der Waals surface area contributed by atoms with E-state index >= 15 is 0 Å². The molecule has 1 heterocycles. The van der Waals surface area contributed by atoms with E-state index in [4.69, 9.17) is 16.3 Å². The number of hydrogen-bond donors (Lipinski definition) is 0. The van der Waals surface area contributed by atoms with Crippen LogP contribution in [0.5, 0.6) is 5.75 Å². The number of fused-ring (bicyclic) bond motifs is 1. The number of benzene rings is 2. The molecule has 102 valence electrons. The number of para-hydroxylation sites is 1. The topological polar surface area (TPSA) is 29.5 Å². The predicted molar refractivity (Wildman–Crippen MR) is 77.7 cm³/mol. The summed E-state index contributed by atoms with van der Waals surface area (Å²) in [6.07, 6.45) is -0.624. The Morgan fingerprint density at radius 2 is 1.85 bits per heavy atom. The molecule has 0 aliphatic carbocycles. The van der Waals surface area contributed by atoms with E-state index < -0.39 is 6.10 Å². The Balaban J connectivity index is 2.02.